The fourth-order valence-corrected chi connectivity index (χ4v) is 3.80. The molecule has 5 heteroatoms. The molecule has 0 aliphatic carbocycles. The minimum Gasteiger partial charge on any atom is -0.392 e. The number of hydrogen-bond donors (Lipinski definition) is 2. The second-order valence-electron chi connectivity index (χ2n) is 6.92. The maximum Gasteiger partial charge on any atom is 0.0682 e. The maximum atomic E-state index is 10.0. The van der Waals surface area contributed by atoms with Crippen LogP contribution < -0.4 is 5.32 Å². The van der Waals surface area contributed by atoms with Crippen LogP contribution in [0.3, 0.4) is 0 Å². The zero-order chi connectivity index (χ0) is 14.6. The Morgan fingerprint density at radius 2 is 2.25 bits per heavy atom. The molecule has 2 rings (SSSR count). The lowest BCUT2D eigenvalue weighted by Crippen LogP contribution is -2.51. The van der Waals surface area contributed by atoms with Crippen LogP contribution in [0, 0.1) is 5.41 Å². The average molecular weight is 285 g/mol. The highest BCUT2D eigenvalue weighted by Gasteiger charge is 2.39. The molecule has 2 aliphatic rings. The summed E-state index contributed by atoms with van der Waals surface area (Å²) < 4.78 is 5.75. The van der Waals surface area contributed by atoms with Crippen molar-refractivity contribution in [3.05, 3.63) is 0 Å². The molecule has 0 aromatic heterocycles. The molecular weight excluding hydrogens is 254 g/mol. The molecule has 2 aliphatic heterocycles. The number of aliphatic hydroxyl groups excluding tert-OH is 1. The number of ether oxygens (including phenoxy) is 1. The summed E-state index contributed by atoms with van der Waals surface area (Å²) in [5.41, 5.74) is 0.210. The molecule has 5 nitrogen and oxygen atoms in total. The Hall–Kier alpha value is -0.200. The van der Waals surface area contributed by atoms with Gasteiger partial charge in [0.05, 0.1) is 12.7 Å². The maximum absolute atomic E-state index is 10.0. The SMILES string of the molecule is CNCC1(CN2CC(O)CC2CN(C)C)CCCOC1. The van der Waals surface area contributed by atoms with Gasteiger partial charge in [-0.3, -0.25) is 4.90 Å². The summed E-state index contributed by atoms with van der Waals surface area (Å²) in [5, 5.41) is 13.4. The minimum atomic E-state index is -0.170. The summed E-state index contributed by atoms with van der Waals surface area (Å²) in [5.74, 6) is 0. The summed E-state index contributed by atoms with van der Waals surface area (Å²) in [4.78, 5) is 4.70. The molecule has 0 spiro atoms. The van der Waals surface area contributed by atoms with Gasteiger partial charge in [0.2, 0.25) is 0 Å². The van der Waals surface area contributed by atoms with Gasteiger partial charge >= 0.3 is 0 Å². The van der Waals surface area contributed by atoms with Crippen molar-refractivity contribution in [2.24, 2.45) is 5.41 Å². The average Bonchev–Trinajstić information content (AvgIpc) is 2.69. The molecule has 2 heterocycles. The second-order valence-corrected chi connectivity index (χ2v) is 6.92. The molecule has 118 valence electrons. The molecular formula is C15H31N3O2. The van der Waals surface area contributed by atoms with Crippen molar-refractivity contribution in [1.29, 1.82) is 0 Å². The molecule has 2 saturated heterocycles. The molecule has 3 atom stereocenters. The van der Waals surface area contributed by atoms with Gasteiger partial charge < -0.3 is 20.1 Å². The highest BCUT2D eigenvalue weighted by Crippen LogP contribution is 2.32. The van der Waals surface area contributed by atoms with Gasteiger partial charge in [-0.25, -0.2) is 0 Å². The summed E-state index contributed by atoms with van der Waals surface area (Å²) in [6, 6.07) is 0.468. The van der Waals surface area contributed by atoms with Crippen molar-refractivity contribution in [2.75, 3.05) is 60.5 Å². The van der Waals surface area contributed by atoms with Crippen molar-refractivity contribution >= 4 is 0 Å². The van der Waals surface area contributed by atoms with E-state index in [2.05, 4.69) is 29.2 Å². The molecule has 0 aromatic rings. The van der Waals surface area contributed by atoms with Crippen LogP contribution in [0.25, 0.3) is 0 Å². The molecule has 0 aromatic carbocycles. The lowest BCUT2D eigenvalue weighted by Gasteiger charge is -2.41. The first-order valence-corrected chi connectivity index (χ1v) is 7.84. The largest absolute Gasteiger partial charge is 0.392 e. The van der Waals surface area contributed by atoms with Crippen LogP contribution in [0.15, 0.2) is 0 Å². The monoisotopic (exact) mass is 285 g/mol. The van der Waals surface area contributed by atoms with Crippen LogP contribution in [0.2, 0.25) is 0 Å². The Morgan fingerprint density at radius 3 is 2.85 bits per heavy atom. The third kappa shape index (κ3) is 4.15. The number of likely N-dealkylation sites (N-methyl/N-ethyl adjacent to an activating group) is 1. The van der Waals surface area contributed by atoms with E-state index in [4.69, 9.17) is 4.74 Å². The quantitative estimate of drug-likeness (QED) is 0.719. The van der Waals surface area contributed by atoms with Gasteiger partial charge in [0.1, 0.15) is 0 Å². The summed E-state index contributed by atoms with van der Waals surface area (Å²) in [6.07, 6.45) is 3.09. The Kier molecular flexibility index (Phi) is 5.81. The van der Waals surface area contributed by atoms with Crippen LogP contribution in [0.5, 0.6) is 0 Å². The summed E-state index contributed by atoms with van der Waals surface area (Å²) in [6.45, 7) is 5.60. The number of likely N-dealkylation sites (tertiary alicyclic amines) is 1. The highest BCUT2D eigenvalue weighted by molar-refractivity contribution is 4.93. The molecule has 2 fully saturated rings. The van der Waals surface area contributed by atoms with E-state index in [0.29, 0.717) is 6.04 Å². The van der Waals surface area contributed by atoms with Crippen LogP contribution in [-0.2, 0) is 4.74 Å². The van der Waals surface area contributed by atoms with Gasteiger partial charge in [-0.05, 0) is 40.4 Å². The van der Waals surface area contributed by atoms with E-state index >= 15 is 0 Å². The number of hydrogen-bond acceptors (Lipinski definition) is 5. The van der Waals surface area contributed by atoms with E-state index in [1.807, 2.05) is 7.05 Å². The fraction of sp³-hybridized carbons (Fsp3) is 1.00. The molecule has 2 N–H and O–H groups in total. The fourth-order valence-electron chi connectivity index (χ4n) is 3.80. The van der Waals surface area contributed by atoms with Gasteiger partial charge in [-0.2, -0.15) is 0 Å². The van der Waals surface area contributed by atoms with E-state index < -0.39 is 0 Å². The number of aliphatic hydroxyl groups is 1. The Morgan fingerprint density at radius 1 is 1.45 bits per heavy atom. The number of nitrogens with one attached hydrogen (secondary N) is 1. The standard InChI is InChI=1S/C15H31N3O2/c1-16-10-15(5-4-6-20-12-15)11-18-9-14(19)7-13(18)8-17(2)3/h13-14,16,19H,4-12H2,1-3H3. The number of rotatable bonds is 6. The summed E-state index contributed by atoms with van der Waals surface area (Å²) >= 11 is 0. The zero-order valence-electron chi connectivity index (χ0n) is 13.3. The first-order valence-electron chi connectivity index (χ1n) is 7.84. The molecule has 0 radical (unpaired) electrons. The van der Waals surface area contributed by atoms with E-state index in [1.54, 1.807) is 0 Å². The zero-order valence-corrected chi connectivity index (χ0v) is 13.3. The lowest BCUT2D eigenvalue weighted by atomic mass is 9.81. The number of β-amino-alcohol motifs (C(OH)–C–C–N with tert-alkyl or cyclic N) is 1. The van der Waals surface area contributed by atoms with Crippen molar-refractivity contribution in [1.82, 2.24) is 15.1 Å². The van der Waals surface area contributed by atoms with Gasteiger partial charge in [0.15, 0.2) is 0 Å². The lowest BCUT2D eigenvalue weighted by molar-refractivity contribution is -0.0293. The van der Waals surface area contributed by atoms with E-state index in [-0.39, 0.29) is 11.5 Å². The molecule has 20 heavy (non-hydrogen) atoms. The van der Waals surface area contributed by atoms with Gasteiger partial charge in [-0.1, -0.05) is 0 Å². The molecule has 0 saturated carbocycles. The minimum absolute atomic E-state index is 0.170. The topological polar surface area (TPSA) is 48.0 Å². The van der Waals surface area contributed by atoms with Gasteiger partial charge in [0, 0.05) is 44.2 Å². The van der Waals surface area contributed by atoms with E-state index in [1.165, 1.54) is 6.42 Å². The predicted molar refractivity (Wildman–Crippen MR) is 81.0 cm³/mol. The number of nitrogens with zero attached hydrogens (tertiary/aromatic N) is 2. The molecule has 0 bridgehead atoms. The van der Waals surface area contributed by atoms with Gasteiger partial charge in [0.25, 0.3) is 0 Å². The molecule has 3 unspecified atom stereocenters. The Labute approximate surface area is 123 Å². The van der Waals surface area contributed by atoms with Crippen LogP contribution in [-0.4, -0.2) is 87.6 Å². The van der Waals surface area contributed by atoms with Gasteiger partial charge in [-0.15, -0.1) is 0 Å². The van der Waals surface area contributed by atoms with Crippen molar-refractivity contribution < 1.29 is 9.84 Å². The summed E-state index contributed by atoms with van der Waals surface area (Å²) in [7, 11) is 6.23. The predicted octanol–water partition coefficient (Wildman–Crippen LogP) is -0.000600. The Bertz CT molecular complexity index is 287. The van der Waals surface area contributed by atoms with Crippen molar-refractivity contribution in [2.45, 2.75) is 31.4 Å². The van der Waals surface area contributed by atoms with Crippen molar-refractivity contribution in [3.8, 4) is 0 Å². The Balaban J connectivity index is 2.00. The van der Waals surface area contributed by atoms with E-state index in [9.17, 15) is 5.11 Å². The third-order valence-electron chi connectivity index (χ3n) is 4.58. The van der Waals surface area contributed by atoms with E-state index in [0.717, 1.165) is 52.2 Å². The van der Waals surface area contributed by atoms with Crippen LogP contribution >= 0.6 is 0 Å². The first kappa shape index (κ1) is 16.2. The smallest absolute Gasteiger partial charge is 0.0682 e. The highest BCUT2D eigenvalue weighted by atomic mass is 16.5. The van der Waals surface area contributed by atoms with Crippen LogP contribution in [0.1, 0.15) is 19.3 Å². The first-order chi connectivity index (χ1) is 9.54. The van der Waals surface area contributed by atoms with Crippen LogP contribution in [0.4, 0.5) is 0 Å². The normalized spacial score (nSPS) is 35.9. The third-order valence-corrected chi connectivity index (χ3v) is 4.58. The second kappa shape index (κ2) is 7.18. The van der Waals surface area contributed by atoms with Crippen molar-refractivity contribution in [3.63, 3.8) is 0 Å². The molecule has 0 amide bonds.